The summed E-state index contributed by atoms with van der Waals surface area (Å²) in [5.41, 5.74) is 2.30. The van der Waals surface area contributed by atoms with Crippen LogP contribution in [0.15, 0.2) is 28.4 Å². The fourth-order valence-electron chi connectivity index (χ4n) is 0.810. The van der Waals surface area contributed by atoms with Gasteiger partial charge in [-0.05, 0) is 25.5 Å². The fourth-order valence-corrected chi connectivity index (χ4v) is 0.810. The smallest absolute Gasteiger partial charge is 0.0836 e. The third-order valence-electron chi connectivity index (χ3n) is 1.33. The minimum atomic E-state index is 0.502. The van der Waals surface area contributed by atoms with Gasteiger partial charge in [0, 0.05) is 6.21 Å². The van der Waals surface area contributed by atoms with Crippen LogP contribution in [-0.2, 0) is 0 Å². The number of allylic oxidation sites excluding steroid dienone is 3. The van der Waals surface area contributed by atoms with Crippen molar-refractivity contribution < 1.29 is 0 Å². The van der Waals surface area contributed by atoms with Crippen LogP contribution in [0.4, 0.5) is 0 Å². The Hall–Kier alpha value is -1.18. The molecule has 1 rings (SSSR count). The van der Waals surface area contributed by atoms with Gasteiger partial charge < -0.3 is 0 Å². The Morgan fingerprint density at radius 1 is 1.60 bits per heavy atom. The van der Waals surface area contributed by atoms with Crippen LogP contribution in [0.3, 0.4) is 0 Å². The molecule has 0 spiro atoms. The highest BCUT2D eigenvalue weighted by Crippen LogP contribution is 2.07. The van der Waals surface area contributed by atoms with E-state index < -0.39 is 0 Å². The normalized spacial score (nSPS) is 21.6. The van der Waals surface area contributed by atoms with E-state index >= 15 is 0 Å². The zero-order chi connectivity index (χ0) is 7.56. The summed E-state index contributed by atoms with van der Waals surface area (Å²) in [5.74, 6) is 0. The van der Waals surface area contributed by atoms with Crippen LogP contribution in [-0.4, -0.2) is 11.9 Å². The van der Waals surface area contributed by atoms with Crippen LogP contribution >= 0.6 is 0 Å². The second-order valence-electron chi connectivity index (χ2n) is 2.23. The molecule has 0 aromatic heterocycles. The standard InChI is InChI=1S/C8H10N2/c1-3-8-7(9)4-6(2)5-10-8/h3-5,9H,1-2H3/b8-3+,9-7?. The molecule has 2 nitrogen and oxygen atoms in total. The maximum atomic E-state index is 7.42. The Morgan fingerprint density at radius 3 is 2.80 bits per heavy atom. The summed E-state index contributed by atoms with van der Waals surface area (Å²) in [6.45, 7) is 3.82. The van der Waals surface area contributed by atoms with E-state index in [0.717, 1.165) is 11.3 Å². The molecular formula is C8H10N2. The van der Waals surface area contributed by atoms with Gasteiger partial charge in [0.2, 0.25) is 0 Å². The van der Waals surface area contributed by atoms with Gasteiger partial charge in [0.1, 0.15) is 0 Å². The van der Waals surface area contributed by atoms with E-state index in [4.69, 9.17) is 5.41 Å². The quantitative estimate of drug-likeness (QED) is 0.525. The molecule has 0 aliphatic carbocycles. The lowest BCUT2D eigenvalue weighted by molar-refractivity contribution is 1.35. The molecule has 52 valence electrons. The summed E-state index contributed by atoms with van der Waals surface area (Å²) < 4.78 is 0. The van der Waals surface area contributed by atoms with Crippen LogP contribution < -0.4 is 0 Å². The van der Waals surface area contributed by atoms with Crippen LogP contribution in [0.1, 0.15) is 13.8 Å². The Balaban J connectivity index is 2.95. The zero-order valence-corrected chi connectivity index (χ0v) is 6.18. The van der Waals surface area contributed by atoms with Crippen molar-refractivity contribution in [3.63, 3.8) is 0 Å². The van der Waals surface area contributed by atoms with Gasteiger partial charge in [-0.3, -0.25) is 10.4 Å². The molecule has 1 N–H and O–H groups in total. The summed E-state index contributed by atoms with van der Waals surface area (Å²) in [4.78, 5) is 4.05. The fraction of sp³-hybridized carbons (Fsp3) is 0.250. The van der Waals surface area contributed by atoms with Gasteiger partial charge in [0.15, 0.2) is 0 Å². The first kappa shape index (κ1) is 6.93. The molecular weight excluding hydrogens is 124 g/mol. The third kappa shape index (κ3) is 1.21. The van der Waals surface area contributed by atoms with Crippen molar-refractivity contribution in [2.24, 2.45) is 4.99 Å². The van der Waals surface area contributed by atoms with E-state index in [1.54, 1.807) is 6.21 Å². The lowest BCUT2D eigenvalue weighted by atomic mass is 10.1. The monoisotopic (exact) mass is 134 g/mol. The van der Waals surface area contributed by atoms with Gasteiger partial charge in [-0.2, -0.15) is 0 Å². The number of dihydropyridines is 1. The minimum Gasteiger partial charge on any atom is -0.299 e. The largest absolute Gasteiger partial charge is 0.299 e. The first-order valence-corrected chi connectivity index (χ1v) is 3.21. The van der Waals surface area contributed by atoms with Crippen molar-refractivity contribution in [1.82, 2.24) is 0 Å². The van der Waals surface area contributed by atoms with E-state index in [9.17, 15) is 0 Å². The van der Waals surface area contributed by atoms with Crippen LogP contribution in [0, 0.1) is 5.41 Å². The molecule has 1 aliphatic rings. The number of nitrogens with zero attached hydrogens (tertiary/aromatic N) is 1. The number of aliphatic imine (C=N–C) groups is 1. The summed E-state index contributed by atoms with van der Waals surface area (Å²) in [6, 6.07) is 0. The van der Waals surface area contributed by atoms with Crippen molar-refractivity contribution in [3.05, 3.63) is 23.4 Å². The predicted octanol–water partition coefficient (Wildman–Crippen LogP) is 1.94. The first-order chi connectivity index (χ1) is 4.74. The molecule has 1 heterocycles. The van der Waals surface area contributed by atoms with Crippen LogP contribution in [0.2, 0.25) is 0 Å². The summed E-state index contributed by atoms with van der Waals surface area (Å²) in [7, 11) is 0. The number of nitrogens with one attached hydrogen (secondary N) is 1. The highest BCUT2D eigenvalue weighted by molar-refractivity contribution is 6.12. The van der Waals surface area contributed by atoms with Crippen molar-refractivity contribution in [2.75, 3.05) is 0 Å². The van der Waals surface area contributed by atoms with Crippen molar-refractivity contribution in [2.45, 2.75) is 13.8 Å². The zero-order valence-electron chi connectivity index (χ0n) is 6.18. The Labute approximate surface area is 60.5 Å². The second-order valence-corrected chi connectivity index (χ2v) is 2.23. The van der Waals surface area contributed by atoms with Gasteiger partial charge in [0.05, 0.1) is 11.4 Å². The van der Waals surface area contributed by atoms with Crippen molar-refractivity contribution in [1.29, 1.82) is 5.41 Å². The van der Waals surface area contributed by atoms with Crippen LogP contribution in [0.5, 0.6) is 0 Å². The highest BCUT2D eigenvalue weighted by atomic mass is 14.8. The van der Waals surface area contributed by atoms with Gasteiger partial charge in [-0.15, -0.1) is 0 Å². The van der Waals surface area contributed by atoms with Crippen molar-refractivity contribution >= 4 is 11.9 Å². The van der Waals surface area contributed by atoms with E-state index in [1.165, 1.54) is 0 Å². The summed E-state index contributed by atoms with van der Waals surface area (Å²) in [5, 5.41) is 7.42. The molecule has 10 heavy (non-hydrogen) atoms. The molecule has 0 bridgehead atoms. The van der Waals surface area contributed by atoms with E-state index in [1.807, 2.05) is 26.0 Å². The van der Waals surface area contributed by atoms with E-state index in [2.05, 4.69) is 4.99 Å². The molecule has 0 aromatic rings. The molecule has 0 saturated carbocycles. The SMILES string of the molecule is C/C=C1/N=CC(C)=CC1=N. The number of rotatable bonds is 0. The molecule has 1 aliphatic heterocycles. The average molecular weight is 134 g/mol. The van der Waals surface area contributed by atoms with E-state index in [-0.39, 0.29) is 0 Å². The average Bonchev–Trinajstić information content (AvgIpc) is 1.88. The lowest BCUT2D eigenvalue weighted by Crippen LogP contribution is -2.01. The van der Waals surface area contributed by atoms with E-state index in [0.29, 0.717) is 5.71 Å². The Kier molecular flexibility index (Phi) is 1.81. The second kappa shape index (κ2) is 2.60. The van der Waals surface area contributed by atoms with Gasteiger partial charge >= 0.3 is 0 Å². The molecule has 0 aromatic carbocycles. The molecule has 0 amide bonds. The lowest BCUT2D eigenvalue weighted by Gasteiger charge is -2.04. The van der Waals surface area contributed by atoms with Gasteiger partial charge in [-0.1, -0.05) is 6.08 Å². The molecule has 2 heteroatoms. The minimum absolute atomic E-state index is 0.502. The van der Waals surface area contributed by atoms with Crippen LogP contribution in [0.25, 0.3) is 0 Å². The Bertz CT molecular complexity index is 244. The Morgan fingerprint density at radius 2 is 2.30 bits per heavy atom. The molecule has 0 unspecified atom stereocenters. The summed E-state index contributed by atoms with van der Waals surface area (Å²) in [6.07, 6.45) is 5.41. The number of hydrogen-bond donors (Lipinski definition) is 1. The third-order valence-corrected chi connectivity index (χ3v) is 1.33. The van der Waals surface area contributed by atoms with Crippen molar-refractivity contribution in [3.8, 4) is 0 Å². The maximum absolute atomic E-state index is 7.42. The summed E-state index contributed by atoms with van der Waals surface area (Å²) >= 11 is 0. The molecule has 0 fully saturated rings. The van der Waals surface area contributed by atoms with Gasteiger partial charge in [-0.25, -0.2) is 0 Å². The molecule has 0 saturated heterocycles. The molecule has 0 atom stereocenters. The molecule has 0 radical (unpaired) electrons. The number of hydrogen-bond acceptors (Lipinski definition) is 2. The van der Waals surface area contributed by atoms with Gasteiger partial charge in [0.25, 0.3) is 0 Å². The maximum Gasteiger partial charge on any atom is 0.0836 e. The highest BCUT2D eigenvalue weighted by Gasteiger charge is 2.02. The first-order valence-electron chi connectivity index (χ1n) is 3.21. The predicted molar refractivity (Wildman–Crippen MR) is 43.7 cm³/mol. The topological polar surface area (TPSA) is 36.2 Å².